The number of hydrogen-bond acceptors (Lipinski definition) is 4. The predicted octanol–water partition coefficient (Wildman–Crippen LogP) is 1.37. The molecule has 1 aliphatic rings. The Kier molecular flexibility index (Phi) is 6.20. The van der Waals surface area contributed by atoms with E-state index in [4.69, 9.17) is 17.3 Å². The summed E-state index contributed by atoms with van der Waals surface area (Å²) in [7, 11) is 0. The number of nitrogens with zero attached hydrogens (tertiary/aromatic N) is 3. The van der Waals surface area contributed by atoms with Gasteiger partial charge in [0.05, 0.1) is 12.4 Å². The van der Waals surface area contributed by atoms with Crippen LogP contribution in [0.5, 0.6) is 0 Å². The van der Waals surface area contributed by atoms with Crippen molar-refractivity contribution < 1.29 is 0 Å². The first-order valence-corrected chi connectivity index (χ1v) is 4.60. The largest absolute Gasteiger partial charge is 0.355 e. The maximum atomic E-state index is 5.72. The zero-order chi connectivity index (χ0) is 9.26. The van der Waals surface area contributed by atoms with Gasteiger partial charge in [-0.3, -0.25) is 4.98 Å². The molecule has 2 N–H and O–H groups in total. The van der Waals surface area contributed by atoms with E-state index in [0.29, 0.717) is 11.1 Å². The van der Waals surface area contributed by atoms with Crippen molar-refractivity contribution in [3.63, 3.8) is 0 Å². The topological polar surface area (TPSA) is 55.0 Å². The minimum Gasteiger partial charge on any atom is -0.355 e. The van der Waals surface area contributed by atoms with Crippen LogP contribution in [0.15, 0.2) is 12.4 Å². The molecule has 0 spiro atoms. The minimum atomic E-state index is 0. The lowest BCUT2D eigenvalue weighted by molar-refractivity contribution is 0.416. The average molecular weight is 272 g/mol. The number of hydrogen-bond donors (Lipinski definition) is 1. The Morgan fingerprint density at radius 2 is 2.07 bits per heavy atom. The highest BCUT2D eigenvalue weighted by Gasteiger charge is 2.26. The third-order valence-electron chi connectivity index (χ3n) is 2.21. The Morgan fingerprint density at radius 1 is 1.40 bits per heavy atom. The fraction of sp³-hybridized carbons (Fsp3) is 0.500. The summed E-state index contributed by atoms with van der Waals surface area (Å²) >= 11 is 5.72. The molecular weight excluding hydrogens is 258 g/mol. The van der Waals surface area contributed by atoms with Gasteiger partial charge in [0.1, 0.15) is 11.0 Å². The van der Waals surface area contributed by atoms with Crippen LogP contribution in [0, 0.1) is 5.92 Å². The molecule has 0 bridgehead atoms. The molecule has 0 saturated carbocycles. The van der Waals surface area contributed by atoms with Crippen molar-refractivity contribution in [3.05, 3.63) is 17.5 Å². The molecule has 0 aromatic carbocycles. The van der Waals surface area contributed by atoms with Gasteiger partial charge < -0.3 is 10.6 Å². The number of aromatic nitrogens is 2. The summed E-state index contributed by atoms with van der Waals surface area (Å²) in [4.78, 5) is 10.2. The van der Waals surface area contributed by atoms with Crippen molar-refractivity contribution in [2.24, 2.45) is 11.7 Å². The molecule has 1 saturated heterocycles. The second-order valence-corrected chi connectivity index (χ2v) is 3.59. The van der Waals surface area contributed by atoms with E-state index in [9.17, 15) is 0 Å². The van der Waals surface area contributed by atoms with Crippen LogP contribution >= 0.6 is 36.4 Å². The van der Waals surface area contributed by atoms with E-state index >= 15 is 0 Å². The predicted molar refractivity (Wildman–Crippen MR) is 66.3 cm³/mol. The molecule has 7 heteroatoms. The molecule has 15 heavy (non-hydrogen) atoms. The van der Waals surface area contributed by atoms with E-state index in [0.717, 1.165) is 25.5 Å². The lowest BCUT2D eigenvalue weighted by atomic mass is 10.0. The Bertz CT molecular complexity index is 304. The summed E-state index contributed by atoms with van der Waals surface area (Å²) in [5.74, 6) is 1.44. The SMILES string of the molecule is Cl.Cl.NCC1CN(c2cncc(Cl)n2)C1. The molecule has 2 heterocycles. The van der Waals surface area contributed by atoms with Crippen LogP contribution in [0.2, 0.25) is 5.15 Å². The second kappa shape index (κ2) is 6.33. The molecule has 4 nitrogen and oxygen atoms in total. The van der Waals surface area contributed by atoms with Gasteiger partial charge in [0.25, 0.3) is 0 Å². The van der Waals surface area contributed by atoms with Gasteiger partial charge in [-0.2, -0.15) is 0 Å². The summed E-state index contributed by atoms with van der Waals surface area (Å²) in [5.41, 5.74) is 5.52. The lowest BCUT2D eigenvalue weighted by Crippen LogP contribution is -2.50. The number of halogens is 3. The average Bonchev–Trinajstić information content (AvgIpc) is 2.02. The van der Waals surface area contributed by atoms with Crippen molar-refractivity contribution in [2.75, 3.05) is 24.5 Å². The van der Waals surface area contributed by atoms with E-state index in [1.807, 2.05) is 0 Å². The van der Waals surface area contributed by atoms with Gasteiger partial charge in [-0.1, -0.05) is 11.6 Å². The van der Waals surface area contributed by atoms with Gasteiger partial charge >= 0.3 is 0 Å². The van der Waals surface area contributed by atoms with Gasteiger partial charge in [-0.15, -0.1) is 24.8 Å². The van der Waals surface area contributed by atoms with Crippen LogP contribution in [-0.4, -0.2) is 29.6 Å². The molecule has 0 unspecified atom stereocenters. The Balaban J connectivity index is 0.000000980. The molecule has 0 radical (unpaired) electrons. The molecule has 1 aromatic rings. The fourth-order valence-electron chi connectivity index (χ4n) is 1.39. The summed E-state index contributed by atoms with van der Waals surface area (Å²) in [5, 5.41) is 0.439. The van der Waals surface area contributed by atoms with E-state index in [-0.39, 0.29) is 24.8 Å². The molecule has 0 amide bonds. The highest BCUT2D eigenvalue weighted by molar-refractivity contribution is 6.29. The molecular formula is C8H13Cl3N4. The van der Waals surface area contributed by atoms with E-state index in [1.165, 1.54) is 6.20 Å². The van der Waals surface area contributed by atoms with Crippen LogP contribution in [0.3, 0.4) is 0 Å². The zero-order valence-corrected chi connectivity index (χ0v) is 10.4. The van der Waals surface area contributed by atoms with Crippen molar-refractivity contribution in [1.82, 2.24) is 9.97 Å². The minimum absolute atomic E-state index is 0. The molecule has 1 fully saturated rings. The zero-order valence-electron chi connectivity index (χ0n) is 7.97. The summed E-state index contributed by atoms with van der Waals surface area (Å²) in [6, 6.07) is 0. The molecule has 1 aliphatic heterocycles. The van der Waals surface area contributed by atoms with Gasteiger partial charge in [0, 0.05) is 19.0 Å². The highest BCUT2D eigenvalue weighted by Crippen LogP contribution is 2.21. The molecule has 86 valence electrons. The first-order chi connectivity index (χ1) is 6.29. The summed E-state index contributed by atoms with van der Waals surface area (Å²) in [6.45, 7) is 2.67. The third kappa shape index (κ3) is 3.34. The summed E-state index contributed by atoms with van der Waals surface area (Å²) in [6.07, 6.45) is 3.25. The smallest absolute Gasteiger partial charge is 0.149 e. The Labute approximate surface area is 106 Å². The standard InChI is InChI=1S/C8H11ClN4.2ClH/c9-7-2-11-3-8(12-7)13-4-6(1-10)5-13;;/h2-3,6H,1,4-5,10H2;2*1H. The Hall–Kier alpha value is -0.290. The van der Waals surface area contributed by atoms with Crippen LogP contribution in [0.25, 0.3) is 0 Å². The molecule has 2 rings (SSSR count). The first kappa shape index (κ1) is 14.7. The van der Waals surface area contributed by atoms with E-state index in [1.54, 1.807) is 6.20 Å². The highest BCUT2D eigenvalue weighted by atomic mass is 35.5. The van der Waals surface area contributed by atoms with Crippen molar-refractivity contribution in [1.29, 1.82) is 0 Å². The van der Waals surface area contributed by atoms with Gasteiger partial charge in [-0.25, -0.2) is 4.98 Å². The monoisotopic (exact) mass is 270 g/mol. The van der Waals surface area contributed by atoms with E-state index in [2.05, 4.69) is 14.9 Å². The lowest BCUT2D eigenvalue weighted by Gasteiger charge is -2.39. The quantitative estimate of drug-likeness (QED) is 0.883. The number of rotatable bonds is 2. The van der Waals surface area contributed by atoms with Gasteiger partial charge in [0.15, 0.2) is 0 Å². The molecule has 0 aliphatic carbocycles. The molecule has 0 atom stereocenters. The fourth-order valence-corrected chi connectivity index (χ4v) is 1.53. The van der Waals surface area contributed by atoms with Gasteiger partial charge in [0.2, 0.25) is 0 Å². The van der Waals surface area contributed by atoms with Crippen molar-refractivity contribution >= 4 is 42.2 Å². The maximum Gasteiger partial charge on any atom is 0.149 e. The van der Waals surface area contributed by atoms with Crippen LogP contribution in [-0.2, 0) is 0 Å². The first-order valence-electron chi connectivity index (χ1n) is 4.22. The number of nitrogens with two attached hydrogens (primary N) is 1. The van der Waals surface area contributed by atoms with Crippen LogP contribution in [0.4, 0.5) is 5.82 Å². The normalized spacial score (nSPS) is 14.9. The third-order valence-corrected chi connectivity index (χ3v) is 2.39. The number of anilines is 1. The Morgan fingerprint density at radius 3 is 2.60 bits per heavy atom. The van der Waals surface area contributed by atoms with Crippen molar-refractivity contribution in [3.8, 4) is 0 Å². The maximum absolute atomic E-state index is 5.72. The van der Waals surface area contributed by atoms with Gasteiger partial charge in [-0.05, 0) is 6.54 Å². The summed E-state index contributed by atoms with van der Waals surface area (Å²) < 4.78 is 0. The molecule has 1 aromatic heterocycles. The van der Waals surface area contributed by atoms with Crippen molar-refractivity contribution in [2.45, 2.75) is 0 Å². The second-order valence-electron chi connectivity index (χ2n) is 3.21. The van der Waals surface area contributed by atoms with E-state index < -0.39 is 0 Å². The van der Waals surface area contributed by atoms with Crippen LogP contribution in [0.1, 0.15) is 0 Å². The van der Waals surface area contributed by atoms with Crippen LogP contribution < -0.4 is 10.6 Å².